The van der Waals surface area contributed by atoms with Gasteiger partial charge in [-0.2, -0.15) is 0 Å². The third kappa shape index (κ3) is 2.98. The van der Waals surface area contributed by atoms with Gasteiger partial charge in [0.1, 0.15) is 0 Å². The van der Waals surface area contributed by atoms with Crippen molar-refractivity contribution < 1.29 is 9.59 Å². The van der Waals surface area contributed by atoms with Gasteiger partial charge in [-0.1, -0.05) is 0 Å². The third-order valence-electron chi connectivity index (χ3n) is 7.71. The number of hydrogen-bond donors (Lipinski definition) is 1. The number of nitrogens with one attached hydrogen (secondary N) is 1. The molecule has 5 fully saturated rings. The van der Waals surface area contributed by atoms with Crippen molar-refractivity contribution in [2.24, 2.45) is 23.7 Å². The number of carbonyl (C=O) groups is 2. The van der Waals surface area contributed by atoms with Crippen LogP contribution in [-0.4, -0.2) is 28.9 Å². The highest BCUT2D eigenvalue weighted by molar-refractivity contribution is 7.18. The molecule has 1 unspecified atom stereocenters. The van der Waals surface area contributed by atoms with Crippen LogP contribution >= 0.6 is 11.3 Å². The van der Waals surface area contributed by atoms with Gasteiger partial charge in [0.25, 0.3) is 0 Å². The number of aromatic nitrogens is 1. The number of hydrogen-bond acceptors (Lipinski definition) is 4. The van der Waals surface area contributed by atoms with Crippen molar-refractivity contribution in [3.05, 3.63) is 23.2 Å². The van der Waals surface area contributed by atoms with E-state index in [0.717, 1.165) is 57.9 Å². The molecule has 4 aliphatic carbocycles. The topological polar surface area (TPSA) is 62.3 Å². The minimum absolute atomic E-state index is 0.0132. The number of fused-ring (bicyclic) bond motifs is 1. The molecule has 4 saturated carbocycles. The molecule has 6 heteroatoms. The quantitative estimate of drug-likeness (QED) is 0.832. The number of nitrogens with zero attached hydrogens (tertiary/aromatic N) is 2. The Morgan fingerprint density at radius 1 is 1.17 bits per heavy atom. The van der Waals surface area contributed by atoms with Crippen molar-refractivity contribution in [1.82, 2.24) is 10.3 Å². The molecule has 4 bridgehead atoms. The Bertz CT molecular complexity index is 977. The maximum Gasteiger partial charge on any atom is 0.227 e. The van der Waals surface area contributed by atoms with E-state index in [1.807, 2.05) is 25.1 Å². The third-order valence-corrected chi connectivity index (χ3v) is 8.66. The lowest BCUT2D eigenvalue weighted by Crippen LogP contribution is -2.60. The molecule has 7 rings (SSSR count). The van der Waals surface area contributed by atoms with Gasteiger partial charge in [0.2, 0.25) is 11.8 Å². The van der Waals surface area contributed by atoms with E-state index in [1.54, 1.807) is 16.2 Å². The number of rotatable bonds is 3. The van der Waals surface area contributed by atoms with Gasteiger partial charge in [0.05, 0.1) is 21.1 Å². The summed E-state index contributed by atoms with van der Waals surface area (Å²) in [7, 11) is 0. The molecular weight excluding hydrogens is 382 g/mol. The smallest absolute Gasteiger partial charge is 0.227 e. The average molecular weight is 410 g/mol. The summed E-state index contributed by atoms with van der Waals surface area (Å²) in [6, 6.07) is 6.00. The minimum atomic E-state index is -0.247. The van der Waals surface area contributed by atoms with Crippen molar-refractivity contribution in [3.63, 3.8) is 0 Å². The number of thiazole rings is 1. The molecule has 2 aromatic rings. The molecule has 1 atom stereocenters. The zero-order chi connectivity index (χ0) is 19.8. The van der Waals surface area contributed by atoms with Crippen LogP contribution in [-0.2, 0) is 9.59 Å². The molecule has 5 aliphatic rings. The van der Waals surface area contributed by atoms with Crippen LogP contribution in [0.5, 0.6) is 0 Å². The zero-order valence-corrected chi connectivity index (χ0v) is 17.6. The van der Waals surface area contributed by atoms with Crippen LogP contribution in [0.1, 0.15) is 50.0 Å². The fourth-order valence-corrected chi connectivity index (χ4v) is 7.77. The molecule has 152 valence electrons. The Kier molecular flexibility index (Phi) is 3.87. The van der Waals surface area contributed by atoms with Gasteiger partial charge >= 0.3 is 0 Å². The van der Waals surface area contributed by atoms with Crippen molar-refractivity contribution in [3.8, 4) is 0 Å². The number of amides is 2. The van der Waals surface area contributed by atoms with Crippen LogP contribution in [0.25, 0.3) is 10.2 Å². The summed E-state index contributed by atoms with van der Waals surface area (Å²) in [5.41, 5.74) is 1.80. The van der Waals surface area contributed by atoms with Crippen LogP contribution < -0.4 is 10.2 Å². The van der Waals surface area contributed by atoms with E-state index >= 15 is 0 Å². The summed E-state index contributed by atoms with van der Waals surface area (Å²) < 4.78 is 1.13. The summed E-state index contributed by atoms with van der Waals surface area (Å²) in [5.74, 6) is 2.29. The molecular formula is C23H27N3O2S. The summed E-state index contributed by atoms with van der Waals surface area (Å²) in [5, 5.41) is 4.49. The van der Waals surface area contributed by atoms with Gasteiger partial charge in [0, 0.05) is 24.2 Å². The average Bonchev–Trinajstić information content (AvgIpc) is 3.21. The second-order valence-electron chi connectivity index (χ2n) is 9.98. The van der Waals surface area contributed by atoms with E-state index in [-0.39, 0.29) is 23.3 Å². The maximum atomic E-state index is 13.2. The lowest BCUT2D eigenvalue weighted by Gasteiger charge is -2.57. The van der Waals surface area contributed by atoms with Gasteiger partial charge in [-0.15, -0.1) is 11.3 Å². The first-order valence-electron chi connectivity index (χ1n) is 11.0. The SMILES string of the molecule is Cc1nc2cc(N3CC(C(=O)NC45CC6CC(CC(C6)C4)C5)CC3=O)ccc2s1. The highest BCUT2D eigenvalue weighted by Gasteiger charge is 2.52. The summed E-state index contributed by atoms with van der Waals surface area (Å²) in [6.45, 7) is 2.47. The lowest BCUT2D eigenvalue weighted by atomic mass is 9.53. The molecule has 1 N–H and O–H groups in total. The monoisotopic (exact) mass is 409 g/mol. The number of carbonyl (C=O) groups excluding carboxylic acids is 2. The molecule has 0 radical (unpaired) electrons. The molecule has 1 aromatic heterocycles. The van der Waals surface area contributed by atoms with Crippen LogP contribution in [0.3, 0.4) is 0 Å². The molecule has 1 aliphatic heterocycles. The summed E-state index contributed by atoms with van der Waals surface area (Å²) in [6.07, 6.45) is 7.85. The Labute approximate surface area is 174 Å². The molecule has 1 saturated heterocycles. The largest absolute Gasteiger partial charge is 0.350 e. The summed E-state index contributed by atoms with van der Waals surface area (Å²) >= 11 is 1.66. The van der Waals surface area contributed by atoms with Gasteiger partial charge < -0.3 is 10.2 Å². The molecule has 2 amide bonds. The minimum Gasteiger partial charge on any atom is -0.350 e. The van der Waals surface area contributed by atoms with Crippen LogP contribution in [0.2, 0.25) is 0 Å². The van der Waals surface area contributed by atoms with Crippen molar-refractivity contribution in [2.45, 2.75) is 57.4 Å². The van der Waals surface area contributed by atoms with Gasteiger partial charge in [-0.25, -0.2) is 4.98 Å². The Balaban J connectivity index is 1.18. The van der Waals surface area contributed by atoms with Crippen LogP contribution in [0.15, 0.2) is 18.2 Å². The van der Waals surface area contributed by atoms with Crippen molar-refractivity contribution in [2.75, 3.05) is 11.4 Å². The fourth-order valence-electron chi connectivity index (χ4n) is 6.96. The predicted octanol–water partition coefficient (Wildman–Crippen LogP) is 4.04. The molecule has 29 heavy (non-hydrogen) atoms. The maximum absolute atomic E-state index is 13.2. The van der Waals surface area contributed by atoms with Crippen molar-refractivity contribution in [1.29, 1.82) is 0 Å². The van der Waals surface area contributed by atoms with Gasteiger partial charge in [-0.3, -0.25) is 9.59 Å². The first-order chi connectivity index (χ1) is 14.0. The molecule has 2 heterocycles. The van der Waals surface area contributed by atoms with E-state index < -0.39 is 0 Å². The highest BCUT2D eigenvalue weighted by atomic mass is 32.1. The Morgan fingerprint density at radius 2 is 1.86 bits per heavy atom. The van der Waals surface area contributed by atoms with Crippen molar-refractivity contribution >= 4 is 39.1 Å². The first-order valence-corrected chi connectivity index (χ1v) is 11.8. The number of benzene rings is 1. The van der Waals surface area contributed by atoms with Gasteiger partial charge in [-0.05, 0) is 81.4 Å². The van der Waals surface area contributed by atoms with E-state index in [4.69, 9.17) is 0 Å². The van der Waals surface area contributed by atoms with E-state index in [2.05, 4.69) is 10.3 Å². The van der Waals surface area contributed by atoms with E-state index in [1.165, 1.54) is 19.3 Å². The van der Waals surface area contributed by atoms with E-state index in [0.29, 0.717) is 13.0 Å². The fraction of sp³-hybridized carbons (Fsp3) is 0.609. The second kappa shape index (κ2) is 6.27. The highest BCUT2D eigenvalue weighted by Crippen LogP contribution is 2.55. The predicted molar refractivity (Wildman–Crippen MR) is 114 cm³/mol. The number of anilines is 1. The van der Waals surface area contributed by atoms with Crippen LogP contribution in [0.4, 0.5) is 5.69 Å². The zero-order valence-electron chi connectivity index (χ0n) is 16.8. The Morgan fingerprint density at radius 3 is 2.55 bits per heavy atom. The lowest BCUT2D eigenvalue weighted by molar-refractivity contribution is -0.131. The second-order valence-corrected chi connectivity index (χ2v) is 11.2. The van der Waals surface area contributed by atoms with Crippen LogP contribution in [0, 0.1) is 30.6 Å². The summed E-state index contributed by atoms with van der Waals surface area (Å²) in [4.78, 5) is 32.2. The molecule has 0 spiro atoms. The molecule has 5 nitrogen and oxygen atoms in total. The normalized spacial score (nSPS) is 35.6. The Hall–Kier alpha value is -1.95. The number of aryl methyl sites for hydroxylation is 1. The first kappa shape index (κ1) is 17.9. The standard InChI is InChI=1S/C23H27N3O2S/c1-13-24-19-8-18(2-3-20(19)29-13)26-12-17(7-21(26)27)22(28)25-23-9-14-4-15(10-23)6-16(5-14)11-23/h2-3,8,14-17H,4-7,9-12H2,1H3,(H,25,28). The molecule has 1 aromatic carbocycles. The van der Waals surface area contributed by atoms with E-state index in [9.17, 15) is 9.59 Å². The van der Waals surface area contributed by atoms with Gasteiger partial charge in [0.15, 0.2) is 0 Å².